The second-order valence-corrected chi connectivity index (χ2v) is 12.7. The van der Waals surface area contributed by atoms with Crippen molar-refractivity contribution in [3.05, 3.63) is 179 Å². The second-order valence-electron chi connectivity index (χ2n) is 12.7. The summed E-state index contributed by atoms with van der Waals surface area (Å²) >= 11 is 0. The summed E-state index contributed by atoms with van der Waals surface area (Å²) < 4.78 is 6.48. The third-order valence-corrected chi connectivity index (χ3v) is 9.55. The van der Waals surface area contributed by atoms with Crippen LogP contribution in [0.3, 0.4) is 0 Å². The van der Waals surface area contributed by atoms with Crippen molar-refractivity contribution in [2.45, 2.75) is 19.3 Å². The van der Waals surface area contributed by atoms with E-state index < -0.39 is 0 Å². The lowest BCUT2D eigenvalue weighted by atomic mass is 9.82. The molecule has 6 aromatic carbocycles. The van der Waals surface area contributed by atoms with Crippen LogP contribution in [0.5, 0.6) is 0 Å². The van der Waals surface area contributed by atoms with E-state index in [1.165, 1.54) is 27.8 Å². The quantitative estimate of drug-likeness (QED) is 0.185. The first kappa shape index (κ1) is 27.3. The van der Waals surface area contributed by atoms with Gasteiger partial charge < -0.3 is 4.42 Å². The van der Waals surface area contributed by atoms with Crippen LogP contribution in [0.15, 0.2) is 166 Å². The van der Waals surface area contributed by atoms with Gasteiger partial charge in [0.15, 0.2) is 5.84 Å². The van der Waals surface area contributed by atoms with Gasteiger partial charge in [-0.2, -0.15) is 0 Å². The van der Waals surface area contributed by atoms with E-state index >= 15 is 0 Å². The van der Waals surface area contributed by atoms with Crippen LogP contribution in [0.1, 0.15) is 41.7 Å². The number of benzene rings is 6. The summed E-state index contributed by atoms with van der Waals surface area (Å²) in [5.41, 5.74) is 17.4. The summed E-state index contributed by atoms with van der Waals surface area (Å²) in [7, 11) is 0. The van der Waals surface area contributed by atoms with E-state index in [0.29, 0.717) is 5.84 Å². The molecular weight excluding hydrogens is 572 g/mol. The molecule has 1 aliphatic carbocycles. The smallest absolute Gasteiger partial charge is 0.161 e. The van der Waals surface area contributed by atoms with Gasteiger partial charge in [-0.1, -0.05) is 129 Å². The van der Waals surface area contributed by atoms with Crippen molar-refractivity contribution in [2.75, 3.05) is 0 Å². The molecule has 47 heavy (non-hydrogen) atoms. The number of furan rings is 1. The summed E-state index contributed by atoms with van der Waals surface area (Å²) in [6, 6.07) is 48.7. The largest absolute Gasteiger partial charge is 0.456 e. The van der Waals surface area contributed by atoms with Gasteiger partial charge in [-0.15, -0.1) is 0 Å². The van der Waals surface area contributed by atoms with E-state index in [2.05, 4.69) is 105 Å². The average molecular weight is 603 g/mol. The Kier molecular flexibility index (Phi) is 6.11. The molecule has 0 unspecified atom stereocenters. The molecule has 0 amide bonds. The van der Waals surface area contributed by atoms with Crippen LogP contribution in [0.25, 0.3) is 49.9 Å². The molecule has 3 heteroatoms. The SMILES string of the molecule is CC1(C)c2ccccc2-c2c(-c3ccc4c(c3)oc3ccc(C5=C=CC(c6ccccc6)=NC(c6ccccc6)=N5)cc34)cccc21. The van der Waals surface area contributed by atoms with Gasteiger partial charge in [-0.3, -0.25) is 0 Å². The first-order valence-electron chi connectivity index (χ1n) is 16.0. The third kappa shape index (κ3) is 4.44. The van der Waals surface area contributed by atoms with Gasteiger partial charge in [0.25, 0.3) is 0 Å². The van der Waals surface area contributed by atoms with E-state index in [1.807, 2.05) is 60.7 Å². The molecule has 3 nitrogen and oxygen atoms in total. The van der Waals surface area contributed by atoms with Gasteiger partial charge in [0.2, 0.25) is 0 Å². The number of allylic oxidation sites excluding steroid dienone is 1. The maximum absolute atomic E-state index is 6.48. The monoisotopic (exact) mass is 602 g/mol. The summed E-state index contributed by atoms with van der Waals surface area (Å²) in [6.07, 6.45) is 1.94. The Hall–Kier alpha value is -6.02. The molecule has 1 aliphatic heterocycles. The van der Waals surface area contributed by atoms with Crippen molar-refractivity contribution < 1.29 is 4.42 Å². The van der Waals surface area contributed by atoms with Crippen LogP contribution in [0, 0.1) is 0 Å². The minimum atomic E-state index is -0.0430. The number of hydrogen-bond acceptors (Lipinski definition) is 3. The molecule has 222 valence electrons. The third-order valence-electron chi connectivity index (χ3n) is 9.55. The van der Waals surface area contributed by atoms with E-state index in [1.54, 1.807) is 0 Å². The molecular formula is C44H30N2O. The summed E-state index contributed by atoms with van der Waals surface area (Å²) in [4.78, 5) is 10.0. The zero-order valence-corrected chi connectivity index (χ0v) is 26.2. The molecule has 0 fully saturated rings. The summed E-state index contributed by atoms with van der Waals surface area (Å²) in [5.74, 6) is 0.655. The van der Waals surface area contributed by atoms with Crippen LogP contribution in [-0.4, -0.2) is 11.5 Å². The van der Waals surface area contributed by atoms with Crippen LogP contribution in [0.4, 0.5) is 0 Å². The number of nitrogens with zero attached hydrogens (tertiary/aromatic N) is 2. The molecule has 0 saturated heterocycles. The van der Waals surface area contributed by atoms with E-state index in [4.69, 9.17) is 14.4 Å². The highest BCUT2D eigenvalue weighted by Crippen LogP contribution is 2.52. The lowest BCUT2D eigenvalue weighted by Crippen LogP contribution is -2.14. The van der Waals surface area contributed by atoms with Crippen LogP contribution < -0.4 is 0 Å². The molecule has 7 aromatic rings. The van der Waals surface area contributed by atoms with Gasteiger partial charge >= 0.3 is 0 Å². The maximum atomic E-state index is 6.48. The normalized spacial score (nSPS) is 14.7. The van der Waals surface area contributed by atoms with Gasteiger partial charge in [0.05, 0.1) is 5.71 Å². The average Bonchev–Trinajstić information content (AvgIpc) is 3.48. The first-order chi connectivity index (χ1) is 23.0. The Morgan fingerprint density at radius 2 is 1.23 bits per heavy atom. The van der Waals surface area contributed by atoms with Crippen molar-refractivity contribution in [3.8, 4) is 22.3 Å². The Labute approximate surface area is 273 Å². The van der Waals surface area contributed by atoms with E-state index in [0.717, 1.165) is 55.6 Å². The van der Waals surface area contributed by atoms with Crippen molar-refractivity contribution in [1.82, 2.24) is 0 Å². The highest BCUT2D eigenvalue weighted by molar-refractivity contribution is 6.19. The van der Waals surface area contributed by atoms with Crippen molar-refractivity contribution in [2.24, 2.45) is 9.98 Å². The highest BCUT2D eigenvalue weighted by atomic mass is 16.3. The maximum Gasteiger partial charge on any atom is 0.161 e. The zero-order chi connectivity index (χ0) is 31.5. The fraction of sp³-hybridized carbons (Fsp3) is 0.0682. The minimum Gasteiger partial charge on any atom is -0.456 e. The van der Waals surface area contributed by atoms with Crippen molar-refractivity contribution in [1.29, 1.82) is 0 Å². The molecule has 0 atom stereocenters. The second kappa shape index (κ2) is 10.5. The minimum absolute atomic E-state index is 0.0430. The molecule has 0 spiro atoms. The number of fused-ring (bicyclic) bond motifs is 6. The lowest BCUT2D eigenvalue weighted by Gasteiger charge is -2.21. The molecule has 0 bridgehead atoms. The standard InChI is InChI=1S/C44H30N2O/c1-44(2)36-18-10-9-16-34(36)42-32(17-11-19-37(42)44)30-20-22-33-35-26-31(21-25-40(35)47-41(33)27-30)39-24-23-38(28-12-5-3-6-13-28)45-43(46-39)29-14-7-4-8-15-29/h3-23,25-27H,1-2H3. The predicted octanol–water partition coefficient (Wildman–Crippen LogP) is 11.0. The molecule has 2 aliphatic rings. The Balaban J connectivity index is 1.16. The molecule has 0 N–H and O–H groups in total. The molecule has 1 aromatic heterocycles. The number of amidine groups is 1. The zero-order valence-electron chi connectivity index (χ0n) is 26.2. The van der Waals surface area contributed by atoms with Crippen LogP contribution >= 0.6 is 0 Å². The number of hydrogen-bond donors (Lipinski definition) is 0. The van der Waals surface area contributed by atoms with E-state index in [9.17, 15) is 0 Å². The summed E-state index contributed by atoms with van der Waals surface area (Å²) in [6.45, 7) is 4.64. The molecule has 0 saturated carbocycles. The first-order valence-corrected chi connectivity index (χ1v) is 16.0. The molecule has 0 radical (unpaired) electrons. The molecule has 2 heterocycles. The number of aliphatic imine (C=N–C) groups is 2. The van der Waals surface area contributed by atoms with Crippen LogP contribution in [-0.2, 0) is 5.41 Å². The predicted molar refractivity (Wildman–Crippen MR) is 194 cm³/mol. The van der Waals surface area contributed by atoms with Crippen molar-refractivity contribution in [3.63, 3.8) is 0 Å². The van der Waals surface area contributed by atoms with Crippen LogP contribution in [0.2, 0.25) is 0 Å². The highest BCUT2D eigenvalue weighted by Gasteiger charge is 2.36. The Bertz CT molecular complexity index is 2510. The fourth-order valence-corrected chi connectivity index (χ4v) is 7.15. The lowest BCUT2D eigenvalue weighted by molar-refractivity contribution is 0.660. The summed E-state index contributed by atoms with van der Waals surface area (Å²) in [5, 5.41) is 2.12. The van der Waals surface area contributed by atoms with Gasteiger partial charge in [-0.05, 0) is 63.7 Å². The van der Waals surface area contributed by atoms with Gasteiger partial charge in [0.1, 0.15) is 16.9 Å². The van der Waals surface area contributed by atoms with Gasteiger partial charge in [0, 0.05) is 39.0 Å². The topological polar surface area (TPSA) is 37.9 Å². The van der Waals surface area contributed by atoms with Crippen molar-refractivity contribution >= 4 is 39.2 Å². The Morgan fingerprint density at radius 1 is 0.532 bits per heavy atom. The number of rotatable bonds is 4. The Morgan fingerprint density at radius 3 is 2.06 bits per heavy atom. The fourth-order valence-electron chi connectivity index (χ4n) is 7.15. The van der Waals surface area contributed by atoms with E-state index in [-0.39, 0.29) is 5.41 Å². The van der Waals surface area contributed by atoms with Gasteiger partial charge in [-0.25, -0.2) is 9.98 Å². The molecule has 9 rings (SSSR count).